The van der Waals surface area contributed by atoms with Crippen LogP contribution < -0.4 is 10.6 Å². The van der Waals surface area contributed by atoms with Crippen molar-refractivity contribution in [2.75, 3.05) is 26.3 Å². The van der Waals surface area contributed by atoms with Crippen molar-refractivity contribution >= 4 is 32.4 Å². The number of hydrogen-bond donors (Lipinski definition) is 3. The minimum atomic E-state index is -2.17. The first-order valence-corrected chi connectivity index (χ1v) is 15.6. The minimum absolute atomic E-state index is 0.00382. The van der Waals surface area contributed by atoms with E-state index in [0.29, 0.717) is 5.57 Å². The van der Waals surface area contributed by atoms with Gasteiger partial charge in [0.2, 0.25) is 5.91 Å². The first kappa shape index (κ1) is 31.1. The number of ether oxygens (including phenoxy) is 2. The zero-order chi connectivity index (χ0) is 28.8. The van der Waals surface area contributed by atoms with Gasteiger partial charge in [0.05, 0.1) is 18.1 Å². The molecule has 12 heteroatoms. The lowest BCUT2D eigenvalue weighted by Gasteiger charge is -2.48. The Bertz CT molecular complexity index is 959. The number of amides is 3. The van der Waals surface area contributed by atoms with Gasteiger partial charge in [-0.25, -0.2) is 14.4 Å². The van der Waals surface area contributed by atoms with Crippen molar-refractivity contribution in [3.63, 3.8) is 0 Å². The molecule has 11 nitrogen and oxygen atoms in total. The van der Waals surface area contributed by atoms with E-state index in [4.69, 9.17) is 13.9 Å². The number of carboxylic acid groups (broad SMARTS) is 1. The van der Waals surface area contributed by atoms with Crippen LogP contribution in [0.4, 0.5) is 9.59 Å². The predicted octanol–water partition coefficient (Wildman–Crippen LogP) is 3.41. The SMILES string of the molecule is C=CCOC(=O)NCC(CNC(=O)OCC=C)C1=C(C(=O)O)N2C(=O)[C@H]([C@@H](C)O[Si](C)(C)C(C)(C)C)[C@H]2C1. The van der Waals surface area contributed by atoms with Crippen molar-refractivity contribution in [1.29, 1.82) is 0 Å². The van der Waals surface area contributed by atoms with E-state index in [1.807, 2.05) is 6.92 Å². The Morgan fingerprint density at radius 1 is 1.11 bits per heavy atom. The van der Waals surface area contributed by atoms with Crippen molar-refractivity contribution < 1.29 is 38.2 Å². The second kappa shape index (κ2) is 12.6. The van der Waals surface area contributed by atoms with Crippen molar-refractivity contribution in [2.24, 2.45) is 11.8 Å². The third-order valence-corrected chi connectivity index (χ3v) is 12.0. The van der Waals surface area contributed by atoms with Crippen LogP contribution in [0.5, 0.6) is 0 Å². The van der Waals surface area contributed by atoms with Crippen LogP contribution in [0.25, 0.3) is 0 Å². The first-order valence-electron chi connectivity index (χ1n) is 12.7. The van der Waals surface area contributed by atoms with E-state index in [1.165, 1.54) is 17.1 Å². The molecule has 3 amide bonds. The van der Waals surface area contributed by atoms with Crippen LogP contribution in [0.15, 0.2) is 36.6 Å². The quantitative estimate of drug-likeness (QED) is 0.180. The fourth-order valence-electron chi connectivity index (χ4n) is 4.47. The summed E-state index contributed by atoms with van der Waals surface area (Å²) in [5.74, 6) is -2.68. The molecule has 0 aliphatic carbocycles. The van der Waals surface area contributed by atoms with Gasteiger partial charge in [-0.3, -0.25) is 4.79 Å². The molecule has 3 atom stereocenters. The summed E-state index contributed by atoms with van der Waals surface area (Å²) in [4.78, 5) is 51.0. The van der Waals surface area contributed by atoms with Gasteiger partial charge in [-0.05, 0) is 37.0 Å². The molecular formula is C26H41N3O8Si. The van der Waals surface area contributed by atoms with E-state index in [-0.39, 0.29) is 55.4 Å². The Morgan fingerprint density at radius 3 is 2.03 bits per heavy atom. The van der Waals surface area contributed by atoms with Crippen LogP contribution in [-0.4, -0.2) is 80.8 Å². The summed E-state index contributed by atoms with van der Waals surface area (Å²) in [6, 6.07) is -0.383. The highest BCUT2D eigenvalue weighted by molar-refractivity contribution is 6.74. The number of β-lactam (4-membered cyclic amide) rings is 1. The van der Waals surface area contributed by atoms with Gasteiger partial charge in [-0.15, -0.1) is 0 Å². The molecule has 1 saturated heterocycles. The molecule has 0 saturated carbocycles. The zero-order valence-electron chi connectivity index (χ0n) is 23.2. The lowest BCUT2D eigenvalue weighted by Crippen LogP contribution is -2.63. The molecule has 212 valence electrons. The predicted molar refractivity (Wildman–Crippen MR) is 144 cm³/mol. The lowest BCUT2D eigenvalue weighted by atomic mass is 9.82. The fourth-order valence-corrected chi connectivity index (χ4v) is 5.90. The number of rotatable bonds is 13. The molecule has 2 aliphatic heterocycles. The molecule has 2 aliphatic rings. The maximum Gasteiger partial charge on any atom is 0.407 e. The Labute approximate surface area is 225 Å². The van der Waals surface area contributed by atoms with Gasteiger partial charge in [0.25, 0.3) is 0 Å². The monoisotopic (exact) mass is 551 g/mol. The maximum absolute atomic E-state index is 13.2. The number of aliphatic carboxylic acids is 1. The third-order valence-electron chi connectivity index (χ3n) is 7.38. The fraction of sp³-hybridized carbons (Fsp3) is 0.615. The van der Waals surface area contributed by atoms with Gasteiger partial charge in [-0.1, -0.05) is 46.1 Å². The standard InChI is InChI=1S/C26H41N3O8Si/c1-9-11-35-24(33)27-14-17(15-28-25(34)36-12-10-2)18-13-19-20(22(30)29(19)21(18)23(31)32)16(3)37-38(7,8)26(4,5)6/h9-10,16-17,19-20H,1-2,11-15H2,3-8H3,(H,27,33)(H,28,34)(H,31,32)/t16-,19-,20-/m1/s1. The van der Waals surface area contributed by atoms with Crippen LogP contribution >= 0.6 is 0 Å². The minimum Gasteiger partial charge on any atom is -0.477 e. The number of carbonyl (C=O) groups excluding carboxylic acids is 3. The van der Waals surface area contributed by atoms with Gasteiger partial charge in [-0.2, -0.15) is 0 Å². The van der Waals surface area contributed by atoms with Crippen molar-refractivity contribution in [3.8, 4) is 0 Å². The molecular weight excluding hydrogens is 510 g/mol. The van der Waals surface area contributed by atoms with E-state index >= 15 is 0 Å². The molecule has 2 heterocycles. The summed E-state index contributed by atoms with van der Waals surface area (Å²) in [7, 11) is -2.17. The van der Waals surface area contributed by atoms with Gasteiger partial charge >= 0.3 is 18.2 Å². The Balaban J connectivity index is 2.27. The summed E-state index contributed by atoms with van der Waals surface area (Å²) < 4.78 is 16.4. The van der Waals surface area contributed by atoms with E-state index < -0.39 is 44.4 Å². The number of fused-ring (bicyclic) bond motifs is 1. The summed E-state index contributed by atoms with van der Waals surface area (Å²) in [6.07, 6.45) is 1.29. The summed E-state index contributed by atoms with van der Waals surface area (Å²) in [5.41, 5.74) is 0.328. The molecule has 0 aromatic heterocycles. The molecule has 2 rings (SSSR count). The molecule has 38 heavy (non-hydrogen) atoms. The van der Waals surface area contributed by atoms with Crippen LogP contribution in [0, 0.1) is 11.8 Å². The zero-order valence-corrected chi connectivity index (χ0v) is 24.2. The van der Waals surface area contributed by atoms with Gasteiger partial charge in [0.1, 0.15) is 18.9 Å². The van der Waals surface area contributed by atoms with E-state index in [2.05, 4.69) is 57.7 Å². The first-order chi connectivity index (χ1) is 17.7. The number of nitrogens with zero attached hydrogens (tertiary/aromatic N) is 1. The maximum atomic E-state index is 13.2. The number of alkyl carbamates (subject to hydrolysis) is 2. The van der Waals surface area contributed by atoms with E-state index in [9.17, 15) is 24.3 Å². The highest BCUT2D eigenvalue weighted by Gasteiger charge is 2.58. The number of carboxylic acids is 1. The largest absolute Gasteiger partial charge is 0.477 e. The average Bonchev–Trinajstić information content (AvgIpc) is 3.15. The Morgan fingerprint density at radius 2 is 1.61 bits per heavy atom. The van der Waals surface area contributed by atoms with Crippen LogP contribution in [0.2, 0.25) is 18.1 Å². The number of carbonyl (C=O) groups is 4. The van der Waals surface area contributed by atoms with E-state index in [0.717, 1.165) is 0 Å². The average molecular weight is 552 g/mol. The Hall–Kier alpha value is -3.12. The number of nitrogens with one attached hydrogen (secondary N) is 2. The van der Waals surface area contributed by atoms with Crippen LogP contribution in [0.1, 0.15) is 34.1 Å². The molecule has 0 spiro atoms. The summed E-state index contributed by atoms with van der Waals surface area (Å²) in [5, 5.41) is 15.2. The van der Waals surface area contributed by atoms with Crippen molar-refractivity contribution in [2.45, 2.75) is 64.4 Å². The molecule has 1 fully saturated rings. The normalized spacial score (nSPS) is 19.9. The van der Waals surface area contributed by atoms with Crippen molar-refractivity contribution in [3.05, 3.63) is 36.6 Å². The second-order valence-electron chi connectivity index (χ2n) is 11.0. The van der Waals surface area contributed by atoms with Crippen LogP contribution in [0.3, 0.4) is 0 Å². The molecule has 0 unspecified atom stereocenters. The van der Waals surface area contributed by atoms with Crippen molar-refractivity contribution in [1.82, 2.24) is 15.5 Å². The van der Waals surface area contributed by atoms with Gasteiger partial charge in [0, 0.05) is 19.0 Å². The Kier molecular flexibility index (Phi) is 10.3. The summed E-state index contributed by atoms with van der Waals surface area (Å²) >= 11 is 0. The highest BCUT2D eigenvalue weighted by Crippen LogP contribution is 2.47. The number of hydrogen-bond acceptors (Lipinski definition) is 7. The van der Waals surface area contributed by atoms with Gasteiger partial charge < -0.3 is 34.5 Å². The molecule has 3 N–H and O–H groups in total. The second-order valence-corrected chi connectivity index (χ2v) is 15.8. The smallest absolute Gasteiger partial charge is 0.407 e. The van der Waals surface area contributed by atoms with Gasteiger partial charge in [0.15, 0.2) is 8.32 Å². The molecule has 0 radical (unpaired) electrons. The molecule has 0 aromatic rings. The highest BCUT2D eigenvalue weighted by atomic mass is 28.4. The molecule has 0 aromatic carbocycles. The van der Waals surface area contributed by atoms with Crippen LogP contribution in [-0.2, 0) is 23.5 Å². The molecule has 0 bridgehead atoms. The topological polar surface area (TPSA) is 144 Å². The third kappa shape index (κ3) is 7.04. The van der Waals surface area contributed by atoms with E-state index in [1.54, 1.807) is 0 Å². The lowest BCUT2D eigenvalue weighted by molar-refractivity contribution is -0.160. The summed E-state index contributed by atoms with van der Waals surface area (Å²) in [6.45, 7) is 19.4.